The molecule has 1 aliphatic rings. The summed E-state index contributed by atoms with van der Waals surface area (Å²) in [6.07, 6.45) is 0. The van der Waals surface area contributed by atoms with Gasteiger partial charge in [0.05, 0.1) is 0 Å². The molecule has 12 heavy (non-hydrogen) atoms. The summed E-state index contributed by atoms with van der Waals surface area (Å²) >= 11 is 0. The van der Waals surface area contributed by atoms with Crippen LogP contribution in [0.4, 0.5) is 0 Å². The quantitative estimate of drug-likeness (QED) is 0.574. The highest BCUT2D eigenvalue weighted by molar-refractivity contribution is 5.85. The van der Waals surface area contributed by atoms with Gasteiger partial charge in [-0.1, -0.05) is 0 Å². The molecule has 1 aliphatic heterocycles. The van der Waals surface area contributed by atoms with Crippen molar-refractivity contribution in [3.63, 3.8) is 0 Å². The minimum Gasteiger partial charge on any atom is -0.481 e. The summed E-state index contributed by atoms with van der Waals surface area (Å²) in [5.74, 6) is -0.833. The van der Waals surface area contributed by atoms with E-state index in [9.17, 15) is 0 Å². The fourth-order valence-electron chi connectivity index (χ4n) is 0.777. The number of aliphatic carboxylic acids is 1. The monoisotopic (exact) mass is 196 g/mol. The second kappa shape index (κ2) is 8.77. The van der Waals surface area contributed by atoms with Crippen molar-refractivity contribution in [3.05, 3.63) is 0 Å². The van der Waals surface area contributed by atoms with Crippen molar-refractivity contribution in [2.45, 2.75) is 6.92 Å². The van der Waals surface area contributed by atoms with Crippen LogP contribution in [0, 0.1) is 0 Å². The molecule has 0 aromatic rings. The predicted octanol–water partition coefficient (Wildman–Crippen LogP) is 0.0341. The summed E-state index contributed by atoms with van der Waals surface area (Å²) in [4.78, 5) is 11.3. The first kappa shape index (κ1) is 14.2. The first-order chi connectivity index (χ1) is 5.13. The number of carboxylic acids is 1. The number of hydrogen-bond donors (Lipinski definition) is 2. The predicted molar refractivity (Wildman–Crippen MR) is 50.9 cm³/mol. The fraction of sp³-hybridized carbons (Fsp3) is 0.857. The lowest BCUT2D eigenvalue weighted by molar-refractivity contribution is -0.134. The van der Waals surface area contributed by atoms with Gasteiger partial charge in [0.15, 0.2) is 0 Å². The highest BCUT2D eigenvalue weighted by Gasteiger charge is 2.01. The molecule has 74 valence electrons. The Hall–Kier alpha value is -0.320. The molecule has 0 aromatic carbocycles. The number of nitrogens with one attached hydrogen (secondary N) is 1. The minimum absolute atomic E-state index is 0. The topological polar surface area (TPSA) is 52.6 Å². The summed E-state index contributed by atoms with van der Waals surface area (Å²) in [5.41, 5.74) is 0. The molecule has 0 saturated carbocycles. The average molecular weight is 197 g/mol. The molecule has 1 rings (SSSR count). The summed E-state index contributed by atoms with van der Waals surface area (Å²) in [5, 5.41) is 10.7. The molecular weight excluding hydrogens is 180 g/mol. The maximum absolute atomic E-state index is 9.00. The number of nitrogens with zero attached hydrogens (tertiary/aromatic N) is 1. The van der Waals surface area contributed by atoms with Gasteiger partial charge in [-0.3, -0.25) is 4.79 Å². The molecule has 2 N–H and O–H groups in total. The van der Waals surface area contributed by atoms with Gasteiger partial charge in [0.25, 0.3) is 5.97 Å². The first-order valence-corrected chi connectivity index (χ1v) is 3.71. The molecule has 0 unspecified atom stereocenters. The van der Waals surface area contributed by atoms with E-state index in [2.05, 4.69) is 17.3 Å². The summed E-state index contributed by atoms with van der Waals surface area (Å²) in [6, 6.07) is 0. The summed E-state index contributed by atoms with van der Waals surface area (Å²) < 4.78 is 0. The second-order valence-corrected chi connectivity index (χ2v) is 2.57. The molecule has 0 atom stereocenters. The van der Waals surface area contributed by atoms with E-state index in [0.29, 0.717) is 0 Å². The highest BCUT2D eigenvalue weighted by Crippen LogP contribution is 1.82. The standard InChI is InChI=1S/C5H12N2.C2H4O2.ClH/c1-7-4-2-6-3-5-7;1-2(3)4;/h6H,2-5H2,1H3;1H3,(H,3,4);1H. The third kappa shape index (κ3) is 12.4. The van der Waals surface area contributed by atoms with Crippen LogP contribution in [0.2, 0.25) is 0 Å². The van der Waals surface area contributed by atoms with Crippen molar-refractivity contribution < 1.29 is 9.90 Å². The zero-order valence-corrected chi connectivity index (χ0v) is 8.36. The van der Waals surface area contributed by atoms with E-state index in [4.69, 9.17) is 9.90 Å². The number of carbonyl (C=O) groups is 1. The van der Waals surface area contributed by atoms with Gasteiger partial charge in [0.2, 0.25) is 0 Å². The van der Waals surface area contributed by atoms with E-state index in [-0.39, 0.29) is 12.4 Å². The maximum Gasteiger partial charge on any atom is 0.300 e. The van der Waals surface area contributed by atoms with Crippen molar-refractivity contribution in [2.75, 3.05) is 33.2 Å². The Bertz CT molecular complexity index is 112. The van der Waals surface area contributed by atoms with Gasteiger partial charge in [-0.15, -0.1) is 12.4 Å². The number of carboxylic acid groups (broad SMARTS) is 1. The van der Waals surface area contributed by atoms with Crippen LogP contribution in [-0.4, -0.2) is 49.2 Å². The van der Waals surface area contributed by atoms with Crippen molar-refractivity contribution in [3.8, 4) is 0 Å². The van der Waals surface area contributed by atoms with Crippen LogP contribution in [0.15, 0.2) is 0 Å². The first-order valence-electron chi connectivity index (χ1n) is 3.71. The lowest BCUT2D eigenvalue weighted by atomic mass is 10.4. The van der Waals surface area contributed by atoms with E-state index in [1.807, 2.05) is 0 Å². The van der Waals surface area contributed by atoms with Crippen LogP contribution in [-0.2, 0) is 4.79 Å². The third-order valence-corrected chi connectivity index (χ3v) is 1.34. The molecule has 1 saturated heterocycles. The molecule has 0 spiro atoms. The van der Waals surface area contributed by atoms with Crippen LogP contribution in [0.25, 0.3) is 0 Å². The van der Waals surface area contributed by atoms with Crippen LogP contribution in [0.3, 0.4) is 0 Å². The Morgan fingerprint density at radius 3 is 1.92 bits per heavy atom. The van der Waals surface area contributed by atoms with E-state index < -0.39 is 5.97 Å². The molecule has 0 radical (unpaired) electrons. The smallest absolute Gasteiger partial charge is 0.300 e. The van der Waals surface area contributed by atoms with Crippen molar-refractivity contribution in [1.82, 2.24) is 10.2 Å². The SMILES string of the molecule is CC(=O)O.CN1CCNCC1.Cl. The number of rotatable bonds is 0. The Morgan fingerprint density at radius 2 is 1.75 bits per heavy atom. The second-order valence-electron chi connectivity index (χ2n) is 2.57. The van der Waals surface area contributed by atoms with Gasteiger partial charge in [-0.2, -0.15) is 0 Å². The van der Waals surface area contributed by atoms with Crippen LogP contribution in [0.5, 0.6) is 0 Å². The van der Waals surface area contributed by atoms with Crippen molar-refractivity contribution in [2.24, 2.45) is 0 Å². The Morgan fingerprint density at radius 1 is 1.42 bits per heavy atom. The van der Waals surface area contributed by atoms with Gasteiger partial charge in [-0.05, 0) is 7.05 Å². The Balaban J connectivity index is 0. The third-order valence-electron chi connectivity index (χ3n) is 1.34. The van der Waals surface area contributed by atoms with E-state index >= 15 is 0 Å². The normalized spacial score (nSPS) is 16.8. The van der Waals surface area contributed by atoms with Crippen molar-refractivity contribution in [1.29, 1.82) is 0 Å². The van der Waals surface area contributed by atoms with Gasteiger partial charge in [0.1, 0.15) is 0 Å². The number of halogens is 1. The van der Waals surface area contributed by atoms with Gasteiger partial charge >= 0.3 is 0 Å². The number of hydrogen-bond acceptors (Lipinski definition) is 3. The lowest BCUT2D eigenvalue weighted by Crippen LogP contribution is -2.40. The van der Waals surface area contributed by atoms with Crippen LogP contribution in [0.1, 0.15) is 6.92 Å². The van der Waals surface area contributed by atoms with Crippen LogP contribution >= 0.6 is 12.4 Å². The number of likely N-dealkylation sites (N-methyl/N-ethyl adjacent to an activating group) is 1. The van der Waals surface area contributed by atoms with E-state index in [0.717, 1.165) is 20.0 Å². The van der Waals surface area contributed by atoms with Gasteiger partial charge in [-0.25, -0.2) is 0 Å². The lowest BCUT2D eigenvalue weighted by Gasteiger charge is -2.21. The summed E-state index contributed by atoms with van der Waals surface area (Å²) in [6.45, 7) is 5.83. The molecule has 1 heterocycles. The fourth-order valence-corrected chi connectivity index (χ4v) is 0.777. The molecular formula is C7H17ClN2O2. The molecule has 0 amide bonds. The molecule has 0 aliphatic carbocycles. The average Bonchev–Trinajstić information content (AvgIpc) is 1.87. The molecule has 4 nitrogen and oxygen atoms in total. The maximum atomic E-state index is 9.00. The molecule has 0 bridgehead atoms. The Kier molecular flexibility index (Phi) is 10.4. The zero-order valence-electron chi connectivity index (χ0n) is 7.54. The molecule has 5 heteroatoms. The number of piperazine rings is 1. The molecule has 1 fully saturated rings. The Labute approximate surface area is 79.3 Å². The van der Waals surface area contributed by atoms with Crippen molar-refractivity contribution >= 4 is 18.4 Å². The van der Waals surface area contributed by atoms with Gasteiger partial charge in [0, 0.05) is 33.1 Å². The van der Waals surface area contributed by atoms with E-state index in [1.165, 1.54) is 13.1 Å². The largest absolute Gasteiger partial charge is 0.481 e. The summed E-state index contributed by atoms with van der Waals surface area (Å²) in [7, 11) is 2.15. The highest BCUT2D eigenvalue weighted by atomic mass is 35.5. The molecule has 0 aromatic heterocycles. The minimum atomic E-state index is -0.833. The van der Waals surface area contributed by atoms with Gasteiger partial charge < -0.3 is 15.3 Å². The zero-order chi connectivity index (χ0) is 8.69. The van der Waals surface area contributed by atoms with Crippen LogP contribution < -0.4 is 5.32 Å². The van der Waals surface area contributed by atoms with E-state index in [1.54, 1.807) is 0 Å².